The number of carbonyl (C=O) groups excluding carboxylic acids is 1. The number of hydrogen-bond acceptors (Lipinski definition) is 2. The topological polar surface area (TPSA) is 54.4 Å². The minimum Gasteiger partial charge on any atom is -0.435 e. The summed E-state index contributed by atoms with van der Waals surface area (Å²) in [6, 6.07) is 26.7. The zero-order valence-electron chi connectivity index (χ0n) is 14.8. The van der Waals surface area contributed by atoms with E-state index in [0.29, 0.717) is 12.1 Å². The first-order valence-corrected chi connectivity index (χ1v) is 9.00. The molecule has 1 N–H and O–H groups in total. The Kier molecular flexibility index (Phi) is 4.34. The van der Waals surface area contributed by atoms with Crippen molar-refractivity contribution in [2.24, 2.45) is 0 Å². The van der Waals surface area contributed by atoms with Crippen molar-refractivity contribution in [3.8, 4) is 11.1 Å². The number of carbonyl (C=O) groups is 2. The van der Waals surface area contributed by atoms with Gasteiger partial charge in [0.05, 0.1) is 0 Å². The van der Waals surface area contributed by atoms with Gasteiger partial charge in [0.15, 0.2) is 5.69 Å². The molecule has 3 aromatic rings. The maximum atomic E-state index is 13.2. The fourth-order valence-electron chi connectivity index (χ4n) is 3.91. The van der Waals surface area contributed by atoms with Crippen LogP contribution in [-0.2, 0) is 4.79 Å². The Morgan fingerprint density at radius 3 is 1.96 bits per heavy atom. The van der Waals surface area contributed by atoms with Crippen molar-refractivity contribution in [2.75, 3.05) is 6.54 Å². The van der Waals surface area contributed by atoms with E-state index in [9.17, 15) is 14.7 Å². The van der Waals surface area contributed by atoms with Gasteiger partial charge >= 0.3 is 12.0 Å². The maximum Gasteiger partial charge on any atom is 0.526 e. The molecule has 4 nitrogen and oxygen atoms in total. The van der Waals surface area contributed by atoms with Gasteiger partial charge < -0.3 is 5.11 Å². The van der Waals surface area contributed by atoms with Crippen LogP contribution in [-0.4, -0.2) is 23.7 Å². The summed E-state index contributed by atoms with van der Waals surface area (Å²) in [4.78, 5) is 25.3. The second-order valence-electron chi connectivity index (χ2n) is 6.82. The molecule has 3 aromatic carbocycles. The molecule has 27 heavy (non-hydrogen) atoms. The van der Waals surface area contributed by atoms with E-state index in [0.717, 1.165) is 16.7 Å². The third kappa shape index (κ3) is 2.84. The lowest BCUT2D eigenvalue weighted by molar-refractivity contribution is -0.126. The Morgan fingerprint density at radius 2 is 1.37 bits per heavy atom. The number of imide groups is 1. The summed E-state index contributed by atoms with van der Waals surface area (Å²) in [6.45, 7) is 0.267. The summed E-state index contributed by atoms with van der Waals surface area (Å²) < 4.78 is -0.633. The van der Waals surface area contributed by atoms with E-state index in [-0.39, 0.29) is 12.5 Å². The summed E-state index contributed by atoms with van der Waals surface area (Å²) in [5.41, 5.74) is 3.57. The predicted octanol–water partition coefficient (Wildman–Crippen LogP) is 5.05. The summed E-state index contributed by atoms with van der Waals surface area (Å²) in [7, 11) is 0. The molecule has 2 atom stereocenters. The second-order valence-corrected chi connectivity index (χ2v) is 6.82. The SMILES string of the molecule is O=C(O)[N+]1(c2ccccc2)CCC(c2ccc(-c3ccccc3)cc2)C1=O. The molecule has 0 bridgehead atoms. The van der Waals surface area contributed by atoms with Crippen molar-refractivity contribution in [1.29, 1.82) is 0 Å². The van der Waals surface area contributed by atoms with Crippen molar-refractivity contribution in [1.82, 2.24) is 4.48 Å². The van der Waals surface area contributed by atoms with Crippen LogP contribution in [0.3, 0.4) is 0 Å². The number of nitrogens with zero attached hydrogens (tertiary/aromatic N) is 1. The van der Waals surface area contributed by atoms with E-state index < -0.39 is 16.5 Å². The van der Waals surface area contributed by atoms with E-state index in [1.54, 1.807) is 24.3 Å². The standard InChI is InChI=1S/C23H19NO3/c25-22-21(15-16-24(22,23(26)27)20-9-5-2-6-10-20)19-13-11-18(12-14-19)17-7-3-1-4-8-17/h1-14,21H,15-16H2/p+1. The Hall–Kier alpha value is -3.24. The molecule has 1 aliphatic rings. The normalized spacial score (nSPS) is 21.9. The highest BCUT2D eigenvalue weighted by Crippen LogP contribution is 2.39. The Balaban J connectivity index is 1.66. The zero-order chi connectivity index (χ0) is 18.9. The number of quaternary nitrogens is 1. The van der Waals surface area contributed by atoms with Gasteiger partial charge in [0.25, 0.3) is 0 Å². The monoisotopic (exact) mass is 358 g/mol. The smallest absolute Gasteiger partial charge is 0.435 e. The van der Waals surface area contributed by atoms with Crippen LogP contribution in [0, 0.1) is 0 Å². The van der Waals surface area contributed by atoms with E-state index in [1.807, 2.05) is 60.7 Å². The van der Waals surface area contributed by atoms with Crippen LogP contribution < -0.4 is 4.48 Å². The number of para-hydroxylation sites is 1. The van der Waals surface area contributed by atoms with Gasteiger partial charge in [-0.2, -0.15) is 4.79 Å². The maximum absolute atomic E-state index is 13.2. The van der Waals surface area contributed by atoms with Gasteiger partial charge in [-0.3, -0.25) is 0 Å². The lowest BCUT2D eigenvalue weighted by Gasteiger charge is -2.24. The minimum atomic E-state index is -1.12. The first-order chi connectivity index (χ1) is 13.1. The molecule has 0 aliphatic carbocycles. The van der Waals surface area contributed by atoms with E-state index in [4.69, 9.17) is 0 Å². The highest BCUT2D eigenvalue weighted by molar-refractivity contribution is 6.09. The van der Waals surface area contributed by atoms with E-state index >= 15 is 0 Å². The van der Waals surface area contributed by atoms with Crippen LogP contribution in [0.1, 0.15) is 17.9 Å². The fraction of sp³-hybridized carbons (Fsp3) is 0.130. The number of amides is 2. The number of benzene rings is 3. The predicted molar refractivity (Wildman–Crippen MR) is 105 cm³/mol. The first kappa shape index (κ1) is 17.2. The van der Waals surface area contributed by atoms with E-state index in [1.165, 1.54) is 0 Å². The van der Waals surface area contributed by atoms with Crippen LogP contribution in [0.2, 0.25) is 0 Å². The lowest BCUT2D eigenvalue weighted by atomic mass is 9.95. The number of carboxylic acid groups (broad SMARTS) is 1. The zero-order valence-corrected chi connectivity index (χ0v) is 14.8. The Labute approximate surface area is 157 Å². The molecular weight excluding hydrogens is 338 g/mol. The highest BCUT2D eigenvalue weighted by atomic mass is 16.4. The summed E-state index contributed by atoms with van der Waals surface area (Å²) >= 11 is 0. The number of hydrogen-bond donors (Lipinski definition) is 1. The lowest BCUT2D eigenvalue weighted by Crippen LogP contribution is -2.55. The molecule has 1 fully saturated rings. The van der Waals surface area contributed by atoms with Gasteiger partial charge in [0.2, 0.25) is 0 Å². The average molecular weight is 358 g/mol. The third-order valence-corrected chi connectivity index (χ3v) is 5.37. The van der Waals surface area contributed by atoms with Crippen molar-refractivity contribution in [2.45, 2.75) is 12.3 Å². The molecule has 2 unspecified atom stereocenters. The van der Waals surface area contributed by atoms with Crippen molar-refractivity contribution in [3.63, 3.8) is 0 Å². The molecule has 2 amide bonds. The summed E-state index contributed by atoms with van der Waals surface area (Å²) in [6.07, 6.45) is -0.598. The van der Waals surface area contributed by atoms with Crippen molar-refractivity contribution in [3.05, 3.63) is 90.5 Å². The van der Waals surface area contributed by atoms with Crippen LogP contribution in [0.25, 0.3) is 11.1 Å². The summed E-state index contributed by atoms with van der Waals surface area (Å²) in [5, 5.41) is 9.90. The molecule has 4 heteroatoms. The van der Waals surface area contributed by atoms with Gasteiger partial charge in [0, 0.05) is 18.6 Å². The van der Waals surface area contributed by atoms with Crippen molar-refractivity contribution >= 4 is 17.7 Å². The van der Waals surface area contributed by atoms with Gasteiger partial charge in [0.1, 0.15) is 12.5 Å². The highest BCUT2D eigenvalue weighted by Gasteiger charge is 2.56. The van der Waals surface area contributed by atoms with Crippen LogP contribution in [0.15, 0.2) is 84.9 Å². The van der Waals surface area contributed by atoms with Crippen LogP contribution in [0.5, 0.6) is 0 Å². The largest absolute Gasteiger partial charge is 0.526 e. The third-order valence-electron chi connectivity index (χ3n) is 5.37. The minimum absolute atomic E-state index is 0.267. The van der Waals surface area contributed by atoms with E-state index in [2.05, 4.69) is 0 Å². The Bertz CT molecular complexity index is 968. The molecule has 1 aliphatic heterocycles. The summed E-state index contributed by atoms with van der Waals surface area (Å²) in [5.74, 6) is -0.688. The molecule has 0 aromatic heterocycles. The molecule has 0 radical (unpaired) electrons. The van der Waals surface area contributed by atoms with Gasteiger partial charge in [-0.25, -0.2) is 4.79 Å². The molecule has 4 rings (SSSR count). The van der Waals surface area contributed by atoms with Gasteiger partial charge in [-0.1, -0.05) is 72.8 Å². The number of likely N-dealkylation sites (tertiary alicyclic amines) is 1. The quantitative estimate of drug-likeness (QED) is 0.666. The fourth-order valence-corrected chi connectivity index (χ4v) is 3.91. The average Bonchev–Trinajstić information content (AvgIpc) is 3.07. The molecule has 134 valence electrons. The molecule has 0 saturated carbocycles. The molecule has 1 saturated heterocycles. The molecule has 0 spiro atoms. The van der Waals surface area contributed by atoms with Gasteiger partial charge in [-0.15, -0.1) is 4.48 Å². The molecule has 1 heterocycles. The molecular formula is C23H20NO3+. The first-order valence-electron chi connectivity index (χ1n) is 9.00. The van der Waals surface area contributed by atoms with Crippen molar-refractivity contribution < 1.29 is 14.7 Å². The van der Waals surface area contributed by atoms with Gasteiger partial charge in [-0.05, 0) is 16.7 Å². The van der Waals surface area contributed by atoms with Crippen LogP contribution in [0.4, 0.5) is 10.5 Å². The number of rotatable bonds is 3. The second kappa shape index (κ2) is 6.82. The Morgan fingerprint density at radius 1 is 0.815 bits per heavy atom. The van der Waals surface area contributed by atoms with Crippen LogP contribution >= 0.6 is 0 Å².